The zero-order valence-electron chi connectivity index (χ0n) is 37.4. The van der Waals surface area contributed by atoms with Gasteiger partial charge in [0.2, 0.25) is 0 Å². The van der Waals surface area contributed by atoms with E-state index in [4.69, 9.17) is 15.4 Å². The second-order valence-electron chi connectivity index (χ2n) is 13.8. The molecule has 0 fully saturated rings. The fraction of sp³-hybridized carbons (Fsp3) is 0.143. The summed E-state index contributed by atoms with van der Waals surface area (Å²) in [5.74, 6) is 0. The van der Waals surface area contributed by atoms with Gasteiger partial charge in [0.05, 0.1) is 5.58 Å². The maximum atomic E-state index is 8.21. The number of aryl methyl sites for hydroxylation is 2. The zero-order chi connectivity index (χ0) is 42.6. The van der Waals surface area contributed by atoms with Gasteiger partial charge in [-0.1, -0.05) is 110 Å². The van der Waals surface area contributed by atoms with Gasteiger partial charge in [0.15, 0.2) is 0 Å². The minimum absolute atomic E-state index is 0. The molecule has 53 heavy (non-hydrogen) atoms. The van der Waals surface area contributed by atoms with Crippen LogP contribution in [0.5, 0.6) is 0 Å². The third-order valence-electron chi connectivity index (χ3n) is 8.92. The molecule has 0 spiro atoms. The van der Waals surface area contributed by atoms with Crippen LogP contribution in [-0.2, 0) is 26.5 Å². The molecule has 0 unspecified atom stereocenters. The average Bonchev–Trinajstić information content (AvgIpc) is 3.60. The number of pyridine rings is 2. The van der Waals surface area contributed by atoms with Gasteiger partial charge in [-0.15, -0.1) is 54.1 Å². The maximum Gasteiger partial charge on any atom is 0.121 e. The molecule has 0 aliphatic rings. The Morgan fingerprint density at radius 3 is 2.17 bits per heavy atom. The summed E-state index contributed by atoms with van der Waals surface area (Å²) < 4.78 is 69.9. The van der Waals surface area contributed by atoms with Gasteiger partial charge in [-0.05, 0) is 98.9 Å². The second-order valence-corrected chi connectivity index (χ2v) is 13.8. The monoisotopic (exact) mass is 873 g/mol. The molecule has 0 bridgehead atoms. The summed E-state index contributed by atoms with van der Waals surface area (Å²) in [6.07, 6.45) is 1.35. The molecule has 0 saturated carbocycles. The van der Waals surface area contributed by atoms with Gasteiger partial charge in [-0.25, -0.2) is 0 Å². The number of hydrogen-bond donors (Lipinski definition) is 0. The summed E-state index contributed by atoms with van der Waals surface area (Å²) in [4.78, 5) is 8.70. The van der Waals surface area contributed by atoms with Crippen LogP contribution in [0, 0.1) is 31.3 Å². The minimum Gasteiger partial charge on any atom is -0.501 e. The molecule has 0 atom stereocenters. The molecule has 3 aromatic heterocycles. The third-order valence-corrected chi connectivity index (χ3v) is 8.92. The molecular formula is C49H40IrN2O-2. The van der Waals surface area contributed by atoms with Crippen molar-refractivity contribution in [3.8, 4) is 33.6 Å². The smallest absolute Gasteiger partial charge is 0.121 e. The van der Waals surface area contributed by atoms with E-state index in [0.29, 0.717) is 22.3 Å². The first-order valence-electron chi connectivity index (χ1n) is 21.1. The second kappa shape index (κ2) is 14.9. The standard InChI is InChI=1S/C33H22NO.C16H18N.Ir/c1-20-15-31(34-19-21(20)2)28-10-6-9-27-30-17-25-12-11-24-16-23(22-7-4-3-5-8-22)13-14-26(24)29(25)18-32(30)35-33(27)28;1-16(2,3)11-13-9-10-15(17-12-13)14-7-5-4-6-8-14;/h3-9,11-19H,1-2H3;4-7,9-10,12H,11H2,1-3H3;/q2*-1;/i1D3,2D3;11D2;. The van der Waals surface area contributed by atoms with Gasteiger partial charge >= 0.3 is 0 Å². The molecule has 4 heteroatoms. The first-order valence-corrected chi connectivity index (χ1v) is 17.1. The van der Waals surface area contributed by atoms with E-state index in [2.05, 4.69) is 70.6 Å². The largest absolute Gasteiger partial charge is 0.501 e. The fourth-order valence-corrected chi connectivity index (χ4v) is 6.51. The number of fused-ring (bicyclic) bond motifs is 6. The molecule has 263 valence electrons. The van der Waals surface area contributed by atoms with Crippen molar-refractivity contribution in [2.75, 3.05) is 0 Å². The van der Waals surface area contributed by atoms with Crippen molar-refractivity contribution in [3.63, 3.8) is 0 Å². The first kappa shape index (κ1) is 27.2. The van der Waals surface area contributed by atoms with Crippen molar-refractivity contribution in [3.05, 3.63) is 169 Å². The summed E-state index contributed by atoms with van der Waals surface area (Å²) in [6, 6.07) is 47.7. The third kappa shape index (κ3) is 7.57. The molecule has 0 amide bonds. The van der Waals surface area contributed by atoms with Crippen LogP contribution in [0.15, 0.2) is 144 Å². The Bertz CT molecular complexity index is 3010. The molecule has 0 saturated heterocycles. The molecule has 1 radical (unpaired) electrons. The molecule has 6 aromatic carbocycles. The number of benzene rings is 6. The Balaban J connectivity index is 0.000000237. The van der Waals surface area contributed by atoms with Crippen molar-refractivity contribution >= 4 is 43.5 Å². The van der Waals surface area contributed by atoms with E-state index in [1.54, 1.807) is 12.3 Å². The van der Waals surface area contributed by atoms with Crippen LogP contribution in [-0.4, -0.2) is 9.97 Å². The van der Waals surface area contributed by atoms with E-state index in [9.17, 15) is 0 Å². The Hall–Kier alpha value is -5.41. The van der Waals surface area contributed by atoms with Crippen LogP contribution >= 0.6 is 0 Å². The van der Waals surface area contributed by atoms with Gasteiger partial charge in [-0.2, -0.15) is 0 Å². The molecule has 0 aliphatic carbocycles. The molecular weight excluding hydrogens is 825 g/mol. The predicted molar refractivity (Wildman–Crippen MR) is 217 cm³/mol. The Kier molecular flexibility index (Phi) is 7.66. The fourth-order valence-electron chi connectivity index (χ4n) is 6.51. The number of rotatable bonds is 4. The molecule has 9 aromatic rings. The maximum absolute atomic E-state index is 8.21. The van der Waals surface area contributed by atoms with Crippen molar-refractivity contribution < 1.29 is 35.5 Å². The van der Waals surface area contributed by atoms with E-state index in [-0.39, 0.29) is 36.9 Å². The number of furan rings is 1. The average molecular weight is 873 g/mol. The van der Waals surface area contributed by atoms with Crippen molar-refractivity contribution in [1.82, 2.24) is 9.97 Å². The van der Waals surface area contributed by atoms with E-state index >= 15 is 0 Å². The summed E-state index contributed by atoms with van der Waals surface area (Å²) in [7, 11) is 0. The van der Waals surface area contributed by atoms with Crippen molar-refractivity contribution in [1.29, 1.82) is 0 Å². The van der Waals surface area contributed by atoms with Gasteiger partial charge in [0.1, 0.15) is 5.58 Å². The summed E-state index contributed by atoms with van der Waals surface area (Å²) >= 11 is 0. The van der Waals surface area contributed by atoms with E-state index in [1.165, 1.54) is 6.07 Å². The van der Waals surface area contributed by atoms with Gasteiger partial charge in [0.25, 0.3) is 0 Å². The Morgan fingerprint density at radius 1 is 0.642 bits per heavy atom. The van der Waals surface area contributed by atoms with E-state index in [0.717, 1.165) is 60.9 Å². The van der Waals surface area contributed by atoms with Gasteiger partial charge in [-0.3, -0.25) is 0 Å². The zero-order valence-corrected chi connectivity index (χ0v) is 31.8. The SMILES string of the molecule is [2H]C([2H])([2H])c1cnc(-c2[c-]ccc3c2oc2cc4c(ccc5cc(-c6ccccc6)ccc54)cc23)cc1C([2H])([2H])[2H].[2H]C([2H])(c1ccc(-c2[c-]cccc2)nc1)C(C)(C)C.[Ir]. The van der Waals surface area contributed by atoms with Crippen LogP contribution < -0.4 is 0 Å². The number of nitrogens with zero attached hydrogens (tertiary/aromatic N) is 2. The van der Waals surface area contributed by atoms with Crippen molar-refractivity contribution in [2.45, 2.75) is 40.8 Å². The summed E-state index contributed by atoms with van der Waals surface area (Å²) in [5.41, 5.74) is 5.61. The van der Waals surface area contributed by atoms with Crippen molar-refractivity contribution in [2.24, 2.45) is 5.41 Å². The quantitative estimate of drug-likeness (QED) is 0.131. The van der Waals surface area contributed by atoms with E-state index < -0.39 is 25.5 Å². The van der Waals surface area contributed by atoms with Gasteiger partial charge in [0, 0.05) is 48.9 Å². The number of aromatic nitrogens is 2. The Morgan fingerprint density at radius 2 is 1.43 bits per heavy atom. The summed E-state index contributed by atoms with van der Waals surface area (Å²) in [6.45, 7) is 0.459. The van der Waals surface area contributed by atoms with Crippen LogP contribution in [0.2, 0.25) is 0 Å². The first-order chi connectivity index (χ1) is 28.4. The minimum atomic E-state index is -2.62. The molecule has 3 heterocycles. The number of hydrogen-bond acceptors (Lipinski definition) is 3. The molecule has 0 aliphatic heterocycles. The van der Waals surface area contributed by atoms with Crippen LogP contribution in [0.25, 0.3) is 77.1 Å². The normalized spacial score (nSPS) is 14.4. The molecule has 0 N–H and O–H groups in total. The summed E-state index contributed by atoms with van der Waals surface area (Å²) in [5, 5.41) is 6.12. The van der Waals surface area contributed by atoms with Crippen LogP contribution in [0.3, 0.4) is 0 Å². The van der Waals surface area contributed by atoms with Gasteiger partial charge < -0.3 is 14.4 Å². The Labute approximate surface area is 336 Å². The van der Waals surface area contributed by atoms with E-state index in [1.807, 2.05) is 87.5 Å². The van der Waals surface area contributed by atoms with Crippen LogP contribution in [0.1, 0.15) is 48.4 Å². The van der Waals surface area contributed by atoms with Crippen LogP contribution in [0.4, 0.5) is 0 Å². The molecule has 9 rings (SSSR count). The topological polar surface area (TPSA) is 38.9 Å². The molecule has 3 nitrogen and oxygen atoms in total. The predicted octanol–water partition coefficient (Wildman–Crippen LogP) is 13.2.